The lowest BCUT2D eigenvalue weighted by Gasteiger charge is -2.31. The second kappa shape index (κ2) is 11.4. The third-order valence-electron chi connectivity index (χ3n) is 7.54. The molecule has 2 aliphatic rings. The summed E-state index contributed by atoms with van der Waals surface area (Å²) in [6.45, 7) is 1.41. The number of anilines is 2. The third kappa shape index (κ3) is 5.13. The van der Waals surface area contributed by atoms with Crippen LogP contribution in [-0.2, 0) is 27.1 Å². The fourth-order valence-corrected chi connectivity index (χ4v) is 8.73. The smallest absolute Gasteiger partial charge is 0.324 e. The maximum absolute atomic E-state index is 14.0. The van der Waals surface area contributed by atoms with Crippen LogP contribution in [0, 0.1) is 12.8 Å². The molecular weight excluding hydrogens is 658 g/mol. The van der Waals surface area contributed by atoms with E-state index < -0.39 is 63.7 Å². The monoisotopic (exact) mass is 677 g/mol. The highest BCUT2D eigenvalue weighted by Crippen LogP contribution is 2.55. The second-order valence-corrected chi connectivity index (χ2v) is 13.1. The number of hydrogen-bond donors (Lipinski definition) is 1. The van der Waals surface area contributed by atoms with E-state index in [1.807, 2.05) is 19.1 Å². The minimum Gasteiger partial charge on any atom is -0.324 e. The summed E-state index contributed by atoms with van der Waals surface area (Å²) in [5.74, 6) is -4.44. The van der Waals surface area contributed by atoms with Crippen LogP contribution in [0.5, 0.6) is 0 Å². The first-order valence-electron chi connectivity index (χ1n) is 13.1. The summed E-state index contributed by atoms with van der Waals surface area (Å²) >= 11 is 14.6. The Kier molecular flexibility index (Phi) is 7.89. The van der Waals surface area contributed by atoms with E-state index in [4.69, 9.17) is 23.2 Å². The van der Waals surface area contributed by atoms with Gasteiger partial charge in [-0.15, -0.1) is 0 Å². The molecule has 3 atom stereocenters. The predicted molar refractivity (Wildman–Crippen MR) is 164 cm³/mol. The number of rotatable bonds is 5. The van der Waals surface area contributed by atoms with Crippen molar-refractivity contribution in [2.45, 2.75) is 35.8 Å². The van der Waals surface area contributed by atoms with Crippen molar-refractivity contribution in [3.8, 4) is 0 Å². The minimum atomic E-state index is -4.84. The molecule has 6 rings (SSSR count). The van der Waals surface area contributed by atoms with Crippen LogP contribution in [0.4, 0.5) is 24.5 Å². The van der Waals surface area contributed by atoms with Crippen molar-refractivity contribution in [1.29, 1.82) is 0 Å². The van der Waals surface area contributed by atoms with E-state index >= 15 is 0 Å². The number of carbonyl (C=O) groups is 3. The van der Waals surface area contributed by atoms with Gasteiger partial charge in [-0.05, 0) is 42.3 Å². The number of para-hydroxylation sites is 2. The number of hydrogen-bond acceptors (Lipinski definition) is 6. The summed E-state index contributed by atoms with van der Waals surface area (Å²) < 4.78 is 43.1. The van der Waals surface area contributed by atoms with Crippen LogP contribution in [0.2, 0.25) is 10.0 Å². The number of thiazole rings is 1. The van der Waals surface area contributed by atoms with E-state index in [-0.39, 0.29) is 15.1 Å². The van der Waals surface area contributed by atoms with Crippen molar-refractivity contribution in [3.05, 3.63) is 108 Å². The highest BCUT2D eigenvalue weighted by atomic mass is 35.5. The summed E-state index contributed by atoms with van der Waals surface area (Å²) in [6, 6.07) is 16.2. The van der Waals surface area contributed by atoms with Crippen molar-refractivity contribution >= 4 is 75.4 Å². The Morgan fingerprint density at radius 2 is 1.66 bits per heavy atom. The standard InChI is InChI=1S/C30H20Cl2F3N3O4S2/c1-14-7-2-4-11-18(14)36-20(39)13-37-28-25(44-29(37)42)21(15-8-6-10-17(31)23(15)32)22-24(43-28)27(41)38(26(22)40)19-12-5-3-9-16(19)30(33,34)35/h2-12,21-22,24H,13H2,1H3,(H,36,39). The van der Waals surface area contributed by atoms with Gasteiger partial charge in [0.25, 0.3) is 0 Å². The highest BCUT2D eigenvalue weighted by molar-refractivity contribution is 8.00. The van der Waals surface area contributed by atoms with Gasteiger partial charge in [-0.25, -0.2) is 4.90 Å². The SMILES string of the molecule is Cc1ccccc1NC(=O)Cn1c2c(sc1=O)C(c1cccc(Cl)c1Cl)C1C(=O)N(c3ccccc3C(F)(F)F)C(=O)C1S2. The van der Waals surface area contributed by atoms with E-state index in [9.17, 15) is 32.3 Å². The summed E-state index contributed by atoms with van der Waals surface area (Å²) in [7, 11) is 0. The topological polar surface area (TPSA) is 88.5 Å². The van der Waals surface area contributed by atoms with Crippen LogP contribution in [0.25, 0.3) is 0 Å². The number of aromatic nitrogens is 1. The quantitative estimate of drug-likeness (QED) is 0.230. The van der Waals surface area contributed by atoms with E-state index in [1.54, 1.807) is 24.3 Å². The number of nitrogens with one attached hydrogen (secondary N) is 1. The molecule has 0 spiro atoms. The van der Waals surface area contributed by atoms with Gasteiger partial charge in [0.05, 0.1) is 32.2 Å². The number of carbonyl (C=O) groups excluding carboxylic acids is 3. The highest BCUT2D eigenvalue weighted by Gasteiger charge is 2.58. The van der Waals surface area contributed by atoms with Gasteiger partial charge in [0, 0.05) is 16.5 Å². The molecule has 4 aromatic rings. The molecule has 7 nitrogen and oxygen atoms in total. The zero-order chi connectivity index (χ0) is 31.5. The van der Waals surface area contributed by atoms with E-state index in [0.29, 0.717) is 21.0 Å². The molecule has 44 heavy (non-hydrogen) atoms. The second-order valence-electron chi connectivity index (χ2n) is 10.2. The molecular formula is C30H20Cl2F3N3O4S2. The fraction of sp³-hybridized carbons (Fsp3) is 0.200. The van der Waals surface area contributed by atoms with Gasteiger partial charge in [-0.3, -0.25) is 23.7 Å². The van der Waals surface area contributed by atoms with Gasteiger partial charge in [0.15, 0.2) is 0 Å². The van der Waals surface area contributed by atoms with Crippen LogP contribution in [0.3, 0.4) is 0 Å². The van der Waals surface area contributed by atoms with Crippen molar-refractivity contribution in [3.63, 3.8) is 0 Å². The molecule has 3 heterocycles. The molecule has 1 fully saturated rings. The average Bonchev–Trinajstić information content (AvgIpc) is 3.41. The van der Waals surface area contributed by atoms with E-state index in [0.717, 1.165) is 40.8 Å². The summed E-state index contributed by atoms with van der Waals surface area (Å²) in [4.78, 5) is 54.8. The van der Waals surface area contributed by atoms with Gasteiger partial charge in [0.1, 0.15) is 11.8 Å². The fourth-order valence-electron chi connectivity index (χ4n) is 5.54. The minimum absolute atomic E-state index is 0.0786. The Morgan fingerprint density at radius 1 is 0.955 bits per heavy atom. The Morgan fingerprint density at radius 3 is 2.39 bits per heavy atom. The number of halogens is 5. The summed E-state index contributed by atoms with van der Waals surface area (Å²) in [5, 5.41) is 2.05. The van der Waals surface area contributed by atoms with Gasteiger partial charge in [-0.1, -0.05) is 88.8 Å². The lowest BCUT2D eigenvalue weighted by molar-refractivity contribution is -0.137. The Balaban J connectivity index is 1.47. The van der Waals surface area contributed by atoms with Crippen LogP contribution in [-0.4, -0.2) is 27.5 Å². The molecule has 1 N–H and O–H groups in total. The first-order valence-corrected chi connectivity index (χ1v) is 15.6. The summed E-state index contributed by atoms with van der Waals surface area (Å²) in [6.07, 6.45) is -4.84. The van der Waals surface area contributed by atoms with Crippen LogP contribution >= 0.6 is 46.3 Å². The average molecular weight is 679 g/mol. The Bertz CT molecular complexity index is 1910. The number of nitrogens with zero attached hydrogens (tertiary/aromatic N) is 2. The molecule has 226 valence electrons. The number of aryl methyl sites for hydroxylation is 1. The van der Waals surface area contributed by atoms with Crippen molar-refractivity contribution < 1.29 is 27.6 Å². The van der Waals surface area contributed by atoms with Gasteiger partial charge in [0.2, 0.25) is 17.7 Å². The molecule has 0 radical (unpaired) electrons. The number of thioether (sulfide) groups is 1. The normalized spacial score (nSPS) is 19.6. The molecule has 3 amide bonds. The molecule has 1 saturated heterocycles. The number of benzene rings is 3. The molecule has 3 aromatic carbocycles. The largest absolute Gasteiger partial charge is 0.418 e. The molecule has 14 heteroatoms. The van der Waals surface area contributed by atoms with Crippen molar-refractivity contribution in [2.24, 2.45) is 5.92 Å². The number of amides is 3. The number of imide groups is 1. The van der Waals surface area contributed by atoms with Crippen molar-refractivity contribution in [1.82, 2.24) is 4.57 Å². The summed E-state index contributed by atoms with van der Waals surface area (Å²) in [5.41, 5.74) is -0.0219. The van der Waals surface area contributed by atoms with Gasteiger partial charge in [-0.2, -0.15) is 13.2 Å². The molecule has 3 unspecified atom stereocenters. The lowest BCUT2D eigenvalue weighted by Crippen LogP contribution is -2.33. The maximum atomic E-state index is 14.0. The van der Waals surface area contributed by atoms with Crippen molar-refractivity contribution in [2.75, 3.05) is 10.2 Å². The van der Waals surface area contributed by atoms with Gasteiger partial charge >= 0.3 is 11.0 Å². The first kappa shape index (κ1) is 30.4. The number of fused-ring (bicyclic) bond motifs is 2. The van der Waals surface area contributed by atoms with Gasteiger partial charge < -0.3 is 5.32 Å². The van der Waals surface area contributed by atoms with E-state index in [2.05, 4.69) is 5.32 Å². The Labute approximate surface area is 266 Å². The van der Waals surface area contributed by atoms with Crippen LogP contribution in [0.1, 0.15) is 27.5 Å². The Hall–Kier alpha value is -3.58. The van der Waals surface area contributed by atoms with Crippen LogP contribution in [0.15, 0.2) is 76.6 Å². The predicted octanol–water partition coefficient (Wildman–Crippen LogP) is 6.98. The number of alkyl halides is 3. The lowest BCUT2D eigenvalue weighted by atomic mass is 9.83. The molecule has 0 aliphatic carbocycles. The molecule has 2 aliphatic heterocycles. The van der Waals surface area contributed by atoms with E-state index in [1.165, 1.54) is 22.8 Å². The maximum Gasteiger partial charge on any atom is 0.418 e. The zero-order valence-corrected chi connectivity index (χ0v) is 25.7. The molecule has 1 aromatic heterocycles. The first-order chi connectivity index (χ1) is 20.9. The molecule has 0 saturated carbocycles. The zero-order valence-electron chi connectivity index (χ0n) is 22.5. The van der Waals surface area contributed by atoms with Crippen LogP contribution < -0.4 is 15.1 Å². The third-order valence-corrected chi connectivity index (χ3v) is 11.0. The molecule has 0 bridgehead atoms.